The molecule has 0 spiro atoms. The third kappa shape index (κ3) is 4.71. The van der Waals surface area contributed by atoms with Gasteiger partial charge in [0.15, 0.2) is 5.82 Å². The van der Waals surface area contributed by atoms with Crippen molar-refractivity contribution in [2.75, 3.05) is 7.11 Å². The van der Waals surface area contributed by atoms with Gasteiger partial charge in [0.2, 0.25) is 0 Å². The zero-order valence-electron chi connectivity index (χ0n) is 16.5. The molecule has 0 bridgehead atoms. The van der Waals surface area contributed by atoms with E-state index in [-0.39, 0.29) is 12.2 Å². The van der Waals surface area contributed by atoms with Crippen molar-refractivity contribution in [2.24, 2.45) is 5.10 Å². The highest BCUT2D eigenvalue weighted by molar-refractivity contribution is 6.35. The van der Waals surface area contributed by atoms with E-state index in [0.717, 1.165) is 11.3 Å². The number of nitrogens with zero attached hydrogens (tertiary/aromatic N) is 3. The zero-order valence-corrected chi connectivity index (χ0v) is 18.0. The Labute approximate surface area is 188 Å². The van der Waals surface area contributed by atoms with Crippen molar-refractivity contribution in [1.82, 2.24) is 9.66 Å². The van der Waals surface area contributed by atoms with Crippen LogP contribution in [0.1, 0.15) is 11.4 Å². The van der Waals surface area contributed by atoms with Crippen LogP contribution in [0, 0.1) is 0 Å². The average Bonchev–Trinajstić information content (AvgIpc) is 2.78. The third-order valence-corrected chi connectivity index (χ3v) is 5.04. The minimum absolute atomic E-state index is 0.0125. The average molecular weight is 454 g/mol. The Hall–Kier alpha value is -3.35. The normalized spacial score (nSPS) is 11.2. The predicted octanol–water partition coefficient (Wildman–Crippen LogP) is 5.17. The number of para-hydroxylation sites is 1. The van der Waals surface area contributed by atoms with Crippen LogP contribution in [-0.2, 0) is 6.61 Å². The molecule has 0 aliphatic heterocycles. The molecule has 0 unspecified atom stereocenters. The second kappa shape index (κ2) is 9.20. The van der Waals surface area contributed by atoms with Crippen LogP contribution in [-0.4, -0.2) is 23.0 Å². The molecule has 4 rings (SSSR count). The van der Waals surface area contributed by atoms with E-state index in [0.29, 0.717) is 32.5 Å². The topological polar surface area (TPSA) is 65.7 Å². The zero-order chi connectivity index (χ0) is 21.8. The lowest BCUT2D eigenvalue weighted by atomic mass is 10.2. The highest BCUT2D eigenvalue weighted by Crippen LogP contribution is 2.28. The molecule has 0 fully saturated rings. The summed E-state index contributed by atoms with van der Waals surface area (Å²) < 4.78 is 12.2. The molecule has 0 aliphatic rings. The van der Waals surface area contributed by atoms with Crippen molar-refractivity contribution in [3.05, 3.63) is 98.5 Å². The standard InChI is InChI=1S/C23H17Cl2N3O3/c1-30-17-9-6-15(7-10-17)13-26-28-22(14-31-21-11-8-16(24)12-19(21)25)27-20-5-3-2-4-18(20)23(28)29/h2-13H,14H2,1H3/b26-13+. The summed E-state index contributed by atoms with van der Waals surface area (Å²) in [5.41, 5.74) is 1.06. The molecule has 156 valence electrons. The summed E-state index contributed by atoms with van der Waals surface area (Å²) in [4.78, 5) is 17.7. The fourth-order valence-electron chi connectivity index (χ4n) is 2.93. The minimum Gasteiger partial charge on any atom is -0.497 e. The summed E-state index contributed by atoms with van der Waals surface area (Å²) in [6, 6.07) is 19.3. The molecule has 4 aromatic rings. The van der Waals surface area contributed by atoms with E-state index >= 15 is 0 Å². The van der Waals surface area contributed by atoms with E-state index in [1.165, 1.54) is 4.68 Å². The Kier molecular flexibility index (Phi) is 6.21. The SMILES string of the molecule is COc1ccc(/C=N/n2c(COc3ccc(Cl)cc3Cl)nc3ccccc3c2=O)cc1. The van der Waals surface area contributed by atoms with Crippen LogP contribution < -0.4 is 15.0 Å². The van der Waals surface area contributed by atoms with Crippen molar-refractivity contribution in [3.63, 3.8) is 0 Å². The Morgan fingerprint density at radius 1 is 1.06 bits per heavy atom. The smallest absolute Gasteiger partial charge is 0.282 e. The highest BCUT2D eigenvalue weighted by Gasteiger charge is 2.12. The number of methoxy groups -OCH3 is 1. The fourth-order valence-corrected chi connectivity index (χ4v) is 3.39. The Bertz CT molecular complexity index is 1320. The molecule has 0 amide bonds. The van der Waals surface area contributed by atoms with Crippen molar-refractivity contribution < 1.29 is 9.47 Å². The number of hydrogen-bond acceptors (Lipinski definition) is 5. The van der Waals surface area contributed by atoms with Gasteiger partial charge in [-0.05, 0) is 60.2 Å². The molecule has 31 heavy (non-hydrogen) atoms. The number of rotatable bonds is 6. The van der Waals surface area contributed by atoms with Crippen LogP contribution in [0.25, 0.3) is 10.9 Å². The van der Waals surface area contributed by atoms with Gasteiger partial charge in [0.05, 0.1) is 29.2 Å². The van der Waals surface area contributed by atoms with E-state index in [1.807, 2.05) is 30.3 Å². The van der Waals surface area contributed by atoms with Gasteiger partial charge in [0.1, 0.15) is 18.1 Å². The Morgan fingerprint density at radius 3 is 2.58 bits per heavy atom. The predicted molar refractivity (Wildman–Crippen MR) is 123 cm³/mol. The highest BCUT2D eigenvalue weighted by atomic mass is 35.5. The summed E-state index contributed by atoms with van der Waals surface area (Å²) in [6.45, 7) is -0.0125. The van der Waals surface area contributed by atoms with E-state index in [2.05, 4.69) is 10.1 Å². The van der Waals surface area contributed by atoms with Crippen LogP contribution in [0.5, 0.6) is 11.5 Å². The number of halogens is 2. The molecule has 0 saturated heterocycles. The molecular formula is C23H17Cl2N3O3. The molecule has 0 N–H and O–H groups in total. The molecule has 1 heterocycles. The van der Waals surface area contributed by atoms with Gasteiger partial charge in [-0.1, -0.05) is 35.3 Å². The van der Waals surface area contributed by atoms with E-state index in [4.69, 9.17) is 32.7 Å². The van der Waals surface area contributed by atoms with Crippen molar-refractivity contribution in [3.8, 4) is 11.5 Å². The van der Waals surface area contributed by atoms with Crippen LogP contribution in [0.15, 0.2) is 76.6 Å². The lowest BCUT2D eigenvalue weighted by Gasteiger charge is -2.11. The molecule has 0 aliphatic carbocycles. The van der Waals surface area contributed by atoms with Gasteiger partial charge < -0.3 is 9.47 Å². The van der Waals surface area contributed by atoms with Gasteiger partial charge in [0, 0.05) is 5.02 Å². The summed E-state index contributed by atoms with van der Waals surface area (Å²) >= 11 is 12.1. The first-order chi connectivity index (χ1) is 15.0. The van der Waals surface area contributed by atoms with Crippen molar-refractivity contribution >= 4 is 40.3 Å². The fraction of sp³-hybridized carbons (Fsp3) is 0.0870. The van der Waals surface area contributed by atoms with Gasteiger partial charge >= 0.3 is 0 Å². The number of hydrogen-bond donors (Lipinski definition) is 0. The summed E-state index contributed by atoms with van der Waals surface area (Å²) in [5, 5.41) is 5.70. The van der Waals surface area contributed by atoms with Gasteiger partial charge in [-0.15, -0.1) is 0 Å². The lowest BCUT2D eigenvalue weighted by molar-refractivity contribution is 0.289. The molecule has 8 heteroatoms. The van der Waals surface area contributed by atoms with Crippen molar-refractivity contribution in [1.29, 1.82) is 0 Å². The first-order valence-corrected chi connectivity index (χ1v) is 10.1. The van der Waals surface area contributed by atoms with Crippen LogP contribution in [0.3, 0.4) is 0 Å². The monoisotopic (exact) mass is 453 g/mol. The largest absolute Gasteiger partial charge is 0.497 e. The molecular weight excluding hydrogens is 437 g/mol. The van der Waals surface area contributed by atoms with Crippen molar-refractivity contribution in [2.45, 2.75) is 6.61 Å². The molecule has 1 aromatic heterocycles. The Morgan fingerprint density at radius 2 is 1.84 bits per heavy atom. The lowest BCUT2D eigenvalue weighted by Crippen LogP contribution is -2.23. The number of aromatic nitrogens is 2. The van der Waals surface area contributed by atoms with Crippen LogP contribution >= 0.6 is 23.2 Å². The van der Waals surface area contributed by atoms with Crippen LogP contribution in [0.2, 0.25) is 10.0 Å². The first kappa shape index (κ1) is 20.9. The summed E-state index contributed by atoms with van der Waals surface area (Å²) in [5.74, 6) is 1.49. The quantitative estimate of drug-likeness (QED) is 0.377. The third-order valence-electron chi connectivity index (χ3n) is 4.51. The number of fused-ring (bicyclic) bond motifs is 1. The molecule has 0 radical (unpaired) electrons. The maximum atomic E-state index is 13.1. The van der Waals surface area contributed by atoms with Gasteiger partial charge in [-0.2, -0.15) is 9.78 Å². The van der Waals surface area contributed by atoms with E-state index < -0.39 is 0 Å². The number of benzene rings is 3. The van der Waals surface area contributed by atoms with E-state index in [9.17, 15) is 4.79 Å². The minimum atomic E-state index is -0.295. The maximum Gasteiger partial charge on any atom is 0.282 e. The molecule has 0 atom stereocenters. The van der Waals surface area contributed by atoms with E-state index in [1.54, 1.807) is 49.7 Å². The summed E-state index contributed by atoms with van der Waals surface area (Å²) in [7, 11) is 1.60. The first-order valence-electron chi connectivity index (χ1n) is 9.32. The maximum absolute atomic E-state index is 13.1. The molecule has 6 nitrogen and oxygen atoms in total. The number of ether oxygens (including phenoxy) is 2. The van der Waals surface area contributed by atoms with Gasteiger partial charge in [-0.25, -0.2) is 4.98 Å². The summed E-state index contributed by atoms with van der Waals surface area (Å²) in [6.07, 6.45) is 1.58. The van der Waals surface area contributed by atoms with Crippen LogP contribution in [0.4, 0.5) is 0 Å². The van der Waals surface area contributed by atoms with Gasteiger partial charge in [0.25, 0.3) is 5.56 Å². The Balaban J connectivity index is 1.72. The molecule has 3 aromatic carbocycles. The second-order valence-corrected chi connectivity index (χ2v) is 7.39. The van der Waals surface area contributed by atoms with Gasteiger partial charge in [-0.3, -0.25) is 4.79 Å². The molecule has 0 saturated carbocycles. The second-order valence-electron chi connectivity index (χ2n) is 6.54.